The Labute approximate surface area is 237 Å². The molecule has 3 fully saturated rings. The number of ketones is 4. The number of Topliss-reactive ketones (excluding diaryl/α,β-unsaturated/α-hetero) is 4. The zero-order chi connectivity index (χ0) is 30.0. The fourth-order valence-electron chi connectivity index (χ4n) is 7.62. The summed E-state index contributed by atoms with van der Waals surface area (Å²) in [6.07, 6.45) is 1.01. The molecule has 4 N–H and O–H groups in total. The number of hydrogen-bond donors (Lipinski definition) is 3. The third-order valence-electron chi connectivity index (χ3n) is 9.49. The Bertz CT molecular complexity index is 1320. The molecule has 0 spiro atoms. The zero-order valence-electron chi connectivity index (χ0n) is 23.7. The lowest BCUT2D eigenvalue weighted by molar-refractivity contribution is -0.181. The number of primary amides is 1. The highest BCUT2D eigenvalue weighted by Crippen LogP contribution is 2.52. The van der Waals surface area contributed by atoms with Crippen molar-refractivity contribution in [1.82, 2.24) is 9.80 Å². The van der Waals surface area contributed by atoms with Crippen molar-refractivity contribution in [1.29, 1.82) is 0 Å². The summed E-state index contributed by atoms with van der Waals surface area (Å²) in [7, 11) is 4.59. The Balaban J connectivity index is 1.58. The SMILES string of the molecule is CCN(Cc1cc(O)c2c(c1OC)C[C@H]1C[C@H]3[C@H](N(C)C)C(=O)C(C(N)=O)C(=O)[C@@]3(O)C(=O)C1C2=O)[C@@H]1CCOC1. The van der Waals surface area contributed by atoms with Gasteiger partial charge in [0, 0.05) is 36.2 Å². The third-order valence-corrected chi connectivity index (χ3v) is 9.49. The van der Waals surface area contributed by atoms with Crippen LogP contribution in [-0.2, 0) is 36.9 Å². The lowest BCUT2D eigenvalue weighted by Gasteiger charge is -2.52. The number of hydrogen-bond acceptors (Lipinski definition) is 11. The van der Waals surface area contributed by atoms with Gasteiger partial charge in [-0.3, -0.25) is 33.8 Å². The summed E-state index contributed by atoms with van der Waals surface area (Å²) in [6.45, 7) is 4.48. The zero-order valence-corrected chi connectivity index (χ0v) is 23.7. The Kier molecular flexibility index (Phi) is 7.56. The first-order valence-electron chi connectivity index (χ1n) is 14.0. The predicted octanol–water partition coefficient (Wildman–Crippen LogP) is -0.514. The summed E-state index contributed by atoms with van der Waals surface area (Å²) in [5.41, 5.74) is 3.67. The van der Waals surface area contributed by atoms with E-state index >= 15 is 0 Å². The number of amides is 1. The van der Waals surface area contributed by atoms with Crippen LogP contribution in [0.4, 0.5) is 0 Å². The number of nitrogens with zero attached hydrogens (tertiary/aromatic N) is 2. The molecule has 1 aromatic carbocycles. The smallest absolute Gasteiger partial charge is 0.235 e. The number of nitrogens with two attached hydrogens (primary N) is 1. The highest BCUT2D eigenvalue weighted by Gasteiger charge is 2.69. The number of rotatable bonds is 7. The van der Waals surface area contributed by atoms with Gasteiger partial charge in [0.15, 0.2) is 34.7 Å². The largest absolute Gasteiger partial charge is 0.507 e. The normalized spacial score (nSPS) is 33.1. The van der Waals surface area contributed by atoms with Gasteiger partial charge in [-0.25, -0.2) is 0 Å². The molecule has 4 aliphatic rings. The molecular formula is C29H37N3O9. The van der Waals surface area contributed by atoms with Gasteiger partial charge in [0.25, 0.3) is 0 Å². The molecule has 0 aromatic heterocycles. The van der Waals surface area contributed by atoms with E-state index in [1.54, 1.807) is 14.1 Å². The summed E-state index contributed by atoms with van der Waals surface area (Å²) in [5.74, 6) is -10.3. The first-order chi connectivity index (χ1) is 19.4. The molecule has 0 bridgehead atoms. The highest BCUT2D eigenvalue weighted by molar-refractivity contribution is 6.32. The molecule has 0 radical (unpaired) electrons. The number of ether oxygens (including phenoxy) is 2. The van der Waals surface area contributed by atoms with Crippen molar-refractivity contribution in [3.63, 3.8) is 0 Å². The molecule has 1 aromatic rings. The molecule has 1 amide bonds. The number of benzene rings is 1. The highest BCUT2D eigenvalue weighted by atomic mass is 16.5. The molecule has 12 nitrogen and oxygen atoms in total. The number of phenols is 1. The second-order valence-electron chi connectivity index (χ2n) is 11.8. The average Bonchev–Trinajstić information content (AvgIpc) is 3.44. The van der Waals surface area contributed by atoms with Gasteiger partial charge in [-0.1, -0.05) is 6.92 Å². The van der Waals surface area contributed by atoms with E-state index in [9.17, 15) is 34.2 Å². The van der Waals surface area contributed by atoms with Gasteiger partial charge in [-0.15, -0.1) is 0 Å². The van der Waals surface area contributed by atoms with Crippen LogP contribution < -0.4 is 10.5 Å². The number of methoxy groups -OCH3 is 1. The average molecular weight is 572 g/mol. The Morgan fingerprint density at radius 1 is 1.22 bits per heavy atom. The lowest BCUT2D eigenvalue weighted by Crippen LogP contribution is -2.74. The van der Waals surface area contributed by atoms with Crippen LogP contribution in [0.5, 0.6) is 11.5 Å². The summed E-state index contributed by atoms with van der Waals surface area (Å²) in [4.78, 5) is 70.3. The minimum atomic E-state index is -2.75. The van der Waals surface area contributed by atoms with E-state index in [0.717, 1.165) is 13.0 Å². The first-order valence-corrected chi connectivity index (χ1v) is 14.0. The number of carbonyl (C=O) groups excluding carboxylic acids is 5. The number of phenolic OH excluding ortho intramolecular Hbond substituents is 1. The van der Waals surface area contributed by atoms with E-state index in [4.69, 9.17) is 15.2 Å². The van der Waals surface area contributed by atoms with Gasteiger partial charge < -0.3 is 25.4 Å². The van der Waals surface area contributed by atoms with Crippen LogP contribution in [0, 0.1) is 23.7 Å². The fraction of sp³-hybridized carbons (Fsp3) is 0.621. The Morgan fingerprint density at radius 2 is 1.93 bits per heavy atom. The number of carbonyl (C=O) groups is 5. The molecule has 1 heterocycles. The van der Waals surface area contributed by atoms with Crippen LogP contribution in [0.15, 0.2) is 6.07 Å². The van der Waals surface area contributed by atoms with Gasteiger partial charge in [-0.05, 0) is 51.9 Å². The number of likely N-dealkylation sites (N-methyl/N-ethyl adjacent to an activating group) is 2. The number of aromatic hydroxyl groups is 1. The maximum absolute atomic E-state index is 13.9. The van der Waals surface area contributed by atoms with Crippen molar-refractivity contribution in [2.24, 2.45) is 29.4 Å². The molecule has 222 valence electrons. The molecule has 1 aliphatic heterocycles. The van der Waals surface area contributed by atoms with E-state index < -0.39 is 64.4 Å². The van der Waals surface area contributed by atoms with Gasteiger partial charge in [0.1, 0.15) is 11.5 Å². The minimum absolute atomic E-state index is 0.0153. The Morgan fingerprint density at radius 3 is 2.49 bits per heavy atom. The van der Waals surface area contributed by atoms with Gasteiger partial charge in [0.05, 0.1) is 31.2 Å². The predicted molar refractivity (Wildman–Crippen MR) is 143 cm³/mol. The molecule has 7 atom stereocenters. The molecular weight excluding hydrogens is 534 g/mol. The second kappa shape index (κ2) is 10.6. The van der Waals surface area contributed by atoms with Crippen molar-refractivity contribution < 1.29 is 43.7 Å². The van der Waals surface area contributed by atoms with E-state index in [1.807, 2.05) is 6.92 Å². The number of aliphatic hydroxyl groups is 1. The quantitative estimate of drug-likeness (QED) is 0.359. The summed E-state index contributed by atoms with van der Waals surface area (Å²) < 4.78 is 11.3. The van der Waals surface area contributed by atoms with E-state index in [1.165, 1.54) is 18.1 Å². The molecule has 5 rings (SSSR count). The lowest BCUT2D eigenvalue weighted by atomic mass is 9.52. The van der Waals surface area contributed by atoms with Crippen LogP contribution in [0.1, 0.15) is 41.3 Å². The van der Waals surface area contributed by atoms with E-state index in [2.05, 4.69) is 4.90 Å². The molecule has 2 saturated carbocycles. The van der Waals surface area contributed by atoms with Crippen molar-refractivity contribution in [3.8, 4) is 11.5 Å². The van der Waals surface area contributed by atoms with Crippen molar-refractivity contribution in [2.75, 3.05) is 41.0 Å². The van der Waals surface area contributed by atoms with Crippen LogP contribution >= 0.6 is 0 Å². The third kappa shape index (κ3) is 4.30. The second-order valence-corrected chi connectivity index (χ2v) is 11.8. The minimum Gasteiger partial charge on any atom is -0.507 e. The molecule has 3 aliphatic carbocycles. The first kappa shape index (κ1) is 29.3. The summed E-state index contributed by atoms with van der Waals surface area (Å²) in [5, 5.41) is 22.8. The van der Waals surface area contributed by atoms with Gasteiger partial charge in [-0.2, -0.15) is 0 Å². The van der Waals surface area contributed by atoms with Crippen molar-refractivity contribution >= 4 is 29.0 Å². The number of fused-ring (bicyclic) bond motifs is 3. The fourth-order valence-corrected chi connectivity index (χ4v) is 7.62. The maximum Gasteiger partial charge on any atom is 0.235 e. The summed E-state index contributed by atoms with van der Waals surface area (Å²) >= 11 is 0. The molecule has 2 unspecified atom stereocenters. The topological polar surface area (TPSA) is 177 Å². The van der Waals surface area contributed by atoms with Crippen LogP contribution in [0.2, 0.25) is 0 Å². The maximum atomic E-state index is 13.9. The van der Waals surface area contributed by atoms with E-state index in [0.29, 0.717) is 36.6 Å². The van der Waals surface area contributed by atoms with Crippen molar-refractivity contribution in [2.45, 2.75) is 50.4 Å². The molecule has 12 heteroatoms. The van der Waals surface area contributed by atoms with Crippen LogP contribution in [0.25, 0.3) is 0 Å². The monoisotopic (exact) mass is 571 g/mol. The molecule has 1 saturated heterocycles. The standard InChI is InChI=1S/C29H37N3O9/c1-5-32(15-6-7-41-12-15)11-14-10-18(33)20-16(25(14)40-4)8-13-9-17-22(31(2)3)24(35)21(28(30)38)27(37)29(17,39)26(36)19(13)23(20)34/h10,13,15,17,19,21-22,33,39H,5-9,11-12H2,1-4H3,(H2,30,38)/t13-,15+,17-,19?,21?,22-,29-/m0/s1. The molecule has 41 heavy (non-hydrogen) atoms. The summed E-state index contributed by atoms with van der Waals surface area (Å²) in [6, 6.07) is 0.524. The Hall–Kier alpha value is -3.19. The van der Waals surface area contributed by atoms with Gasteiger partial charge in [0.2, 0.25) is 5.91 Å². The van der Waals surface area contributed by atoms with Crippen LogP contribution in [-0.4, -0.2) is 108 Å². The van der Waals surface area contributed by atoms with Gasteiger partial charge >= 0.3 is 0 Å². The van der Waals surface area contributed by atoms with Crippen LogP contribution in [0.3, 0.4) is 0 Å². The van der Waals surface area contributed by atoms with Crippen molar-refractivity contribution in [3.05, 3.63) is 22.8 Å². The van der Waals surface area contributed by atoms with E-state index in [-0.39, 0.29) is 30.2 Å².